The molecule has 0 unspecified atom stereocenters. The van der Waals surface area contributed by atoms with Crippen LogP contribution in [0, 0.1) is 12.3 Å². The molecule has 5 heteroatoms. The summed E-state index contributed by atoms with van der Waals surface area (Å²) in [6.45, 7) is 0.541. The molecule has 0 fully saturated rings. The molecule has 0 saturated carbocycles. The highest BCUT2D eigenvalue weighted by atomic mass is 32.1. The third-order valence-electron chi connectivity index (χ3n) is 3.74. The Labute approximate surface area is 143 Å². The van der Waals surface area contributed by atoms with Crippen molar-refractivity contribution in [3.63, 3.8) is 0 Å². The van der Waals surface area contributed by atoms with Gasteiger partial charge in [0.05, 0.1) is 23.0 Å². The van der Waals surface area contributed by atoms with E-state index in [1.165, 1.54) is 0 Å². The van der Waals surface area contributed by atoms with Gasteiger partial charge in [-0.1, -0.05) is 47.6 Å². The van der Waals surface area contributed by atoms with Crippen LogP contribution in [-0.4, -0.2) is 15.8 Å². The summed E-state index contributed by atoms with van der Waals surface area (Å²) in [5.74, 6) is 2.68. The number of benzene rings is 2. The molecule has 1 N–H and O–H groups in total. The lowest BCUT2D eigenvalue weighted by Crippen LogP contribution is -1.92. The van der Waals surface area contributed by atoms with Crippen molar-refractivity contribution in [2.75, 3.05) is 5.43 Å². The quantitative estimate of drug-likeness (QED) is 0.344. The Bertz CT molecular complexity index is 1050. The normalized spacial score (nSPS) is 11.3. The summed E-state index contributed by atoms with van der Waals surface area (Å²) in [6.07, 6.45) is 9.28. The molecule has 2 aromatic carbocycles. The van der Waals surface area contributed by atoms with Gasteiger partial charge in [-0.25, -0.2) is 4.98 Å². The number of terminal acetylenes is 1. The second-order valence-corrected chi connectivity index (χ2v) is 6.32. The summed E-state index contributed by atoms with van der Waals surface area (Å²) < 4.78 is 3.19. The Morgan fingerprint density at radius 1 is 1.21 bits per heavy atom. The van der Waals surface area contributed by atoms with Crippen LogP contribution in [0.3, 0.4) is 0 Å². The molecule has 2 heterocycles. The molecule has 0 atom stereocenters. The van der Waals surface area contributed by atoms with E-state index in [4.69, 9.17) is 6.42 Å². The number of para-hydroxylation sites is 2. The summed E-state index contributed by atoms with van der Waals surface area (Å²) in [4.78, 5) is 4.50. The molecule has 0 saturated heterocycles. The second kappa shape index (κ2) is 6.19. The zero-order valence-electron chi connectivity index (χ0n) is 12.8. The molecule has 0 bridgehead atoms. The Balaban J connectivity index is 1.61. The molecular formula is C19H14N4S. The van der Waals surface area contributed by atoms with Crippen LogP contribution in [-0.2, 0) is 6.54 Å². The van der Waals surface area contributed by atoms with Crippen molar-refractivity contribution in [3.8, 4) is 12.3 Å². The molecule has 0 aliphatic rings. The van der Waals surface area contributed by atoms with E-state index in [9.17, 15) is 0 Å². The summed E-state index contributed by atoms with van der Waals surface area (Å²) in [6, 6.07) is 16.2. The molecule has 24 heavy (non-hydrogen) atoms. The summed E-state index contributed by atoms with van der Waals surface area (Å²) in [7, 11) is 0. The molecule has 0 spiro atoms. The minimum atomic E-state index is 0.541. The van der Waals surface area contributed by atoms with E-state index in [0.29, 0.717) is 6.54 Å². The average Bonchev–Trinajstić information content (AvgIpc) is 3.17. The van der Waals surface area contributed by atoms with Crippen molar-refractivity contribution in [3.05, 3.63) is 60.3 Å². The van der Waals surface area contributed by atoms with Crippen LogP contribution >= 0.6 is 11.3 Å². The van der Waals surface area contributed by atoms with Gasteiger partial charge in [-0.3, -0.25) is 5.43 Å². The number of anilines is 1. The number of aromatic nitrogens is 2. The van der Waals surface area contributed by atoms with Crippen LogP contribution < -0.4 is 5.43 Å². The number of thiazole rings is 1. The highest BCUT2D eigenvalue weighted by Gasteiger charge is 2.06. The first-order valence-corrected chi connectivity index (χ1v) is 8.33. The van der Waals surface area contributed by atoms with Gasteiger partial charge in [0.1, 0.15) is 0 Å². The number of hydrazone groups is 1. The predicted octanol–water partition coefficient (Wildman–Crippen LogP) is 4.33. The maximum atomic E-state index is 5.45. The topological polar surface area (TPSA) is 42.2 Å². The van der Waals surface area contributed by atoms with E-state index in [-0.39, 0.29) is 0 Å². The number of hydrogen-bond donors (Lipinski definition) is 1. The average molecular weight is 330 g/mol. The SMILES string of the molecule is C#CCn1cc(/C=N\Nc2nc3ccccc3s2)c2ccccc21. The Hall–Kier alpha value is -3.10. The molecule has 4 nitrogen and oxygen atoms in total. The lowest BCUT2D eigenvalue weighted by molar-refractivity contribution is 0.886. The van der Waals surface area contributed by atoms with Gasteiger partial charge in [0.25, 0.3) is 0 Å². The van der Waals surface area contributed by atoms with E-state index in [1.54, 1.807) is 17.6 Å². The summed E-state index contributed by atoms with van der Waals surface area (Å²) in [5, 5.41) is 6.24. The molecule has 2 aromatic heterocycles. The number of fused-ring (bicyclic) bond motifs is 2. The van der Waals surface area contributed by atoms with Crippen LogP contribution in [0.2, 0.25) is 0 Å². The van der Waals surface area contributed by atoms with E-state index in [0.717, 1.165) is 31.8 Å². The van der Waals surface area contributed by atoms with Crippen LogP contribution in [0.5, 0.6) is 0 Å². The zero-order chi connectivity index (χ0) is 16.4. The molecule has 0 aliphatic carbocycles. The first-order valence-electron chi connectivity index (χ1n) is 7.51. The lowest BCUT2D eigenvalue weighted by Gasteiger charge is -1.97. The van der Waals surface area contributed by atoms with E-state index in [2.05, 4.69) is 39.6 Å². The maximum absolute atomic E-state index is 5.45. The Morgan fingerprint density at radius 2 is 2.04 bits per heavy atom. The first-order chi connectivity index (χ1) is 11.8. The van der Waals surface area contributed by atoms with E-state index < -0.39 is 0 Å². The van der Waals surface area contributed by atoms with Crippen LogP contribution in [0.1, 0.15) is 5.56 Å². The van der Waals surface area contributed by atoms with Crippen molar-refractivity contribution in [1.82, 2.24) is 9.55 Å². The van der Waals surface area contributed by atoms with Crippen LogP contribution in [0.25, 0.3) is 21.1 Å². The van der Waals surface area contributed by atoms with Gasteiger partial charge >= 0.3 is 0 Å². The maximum Gasteiger partial charge on any atom is 0.204 e. The van der Waals surface area contributed by atoms with Crippen molar-refractivity contribution in [1.29, 1.82) is 0 Å². The summed E-state index contributed by atoms with van der Waals surface area (Å²) in [5.41, 5.74) is 6.12. The molecule has 116 valence electrons. The standard InChI is InChI=1S/C19H14N4S/c1-2-11-23-13-14(15-7-3-5-9-17(15)23)12-20-22-19-21-16-8-4-6-10-18(16)24-19/h1,3-10,12-13H,11H2,(H,21,22)/b20-12-. The van der Waals surface area contributed by atoms with Crippen molar-refractivity contribution in [2.24, 2.45) is 5.10 Å². The minimum Gasteiger partial charge on any atom is -0.335 e. The molecule has 0 amide bonds. The Morgan fingerprint density at radius 3 is 2.92 bits per heavy atom. The predicted molar refractivity (Wildman–Crippen MR) is 102 cm³/mol. The van der Waals surface area contributed by atoms with Crippen LogP contribution in [0.4, 0.5) is 5.13 Å². The van der Waals surface area contributed by atoms with Gasteiger partial charge in [-0.05, 0) is 18.2 Å². The fraction of sp³-hybridized carbons (Fsp3) is 0.0526. The van der Waals surface area contributed by atoms with Crippen molar-refractivity contribution >= 4 is 43.8 Å². The molecule has 4 rings (SSSR count). The van der Waals surface area contributed by atoms with Gasteiger partial charge in [0.15, 0.2) is 0 Å². The van der Waals surface area contributed by atoms with E-state index in [1.807, 2.05) is 41.1 Å². The molecule has 0 aliphatic heterocycles. The van der Waals surface area contributed by atoms with Gasteiger partial charge in [0.2, 0.25) is 5.13 Å². The molecule has 4 aromatic rings. The number of nitrogens with zero attached hydrogens (tertiary/aromatic N) is 3. The zero-order valence-corrected chi connectivity index (χ0v) is 13.6. The smallest absolute Gasteiger partial charge is 0.204 e. The summed E-state index contributed by atoms with van der Waals surface area (Å²) >= 11 is 1.58. The third-order valence-corrected chi connectivity index (χ3v) is 4.68. The highest BCUT2D eigenvalue weighted by molar-refractivity contribution is 7.22. The largest absolute Gasteiger partial charge is 0.335 e. The number of nitrogens with one attached hydrogen (secondary N) is 1. The van der Waals surface area contributed by atoms with Crippen molar-refractivity contribution < 1.29 is 0 Å². The monoisotopic (exact) mass is 330 g/mol. The Kier molecular flexibility index (Phi) is 3.73. The fourth-order valence-corrected chi connectivity index (χ4v) is 3.50. The minimum absolute atomic E-state index is 0.541. The molecule has 0 radical (unpaired) electrons. The number of rotatable bonds is 4. The van der Waals surface area contributed by atoms with E-state index >= 15 is 0 Å². The van der Waals surface area contributed by atoms with Gasteiger partial charge < -0.3 is 4.57 Å². The van der Waals surface area contributed by atoms with Gasteiger partial charge in [-0.15, -0.1) is 6.42 Å². The highest BCUT2D eigenvalue weighted by Crippen LogP contribution is 2.25. The van der Waals surface area contributed by atoms with Crippen LogP contribution in [0.15, 0.2) is 59.8 Å². The lowest BCUT2D eigenvalue weighted by atomic mass is 10.2. The van der Waals surface area contributed by atoms with Gasteiger partial charge in [-0.2, -0.15) is 5.10 Å². The molecular weight excluding hydrogens is 316 g/mol. The number of hydrogen-bond acceptors (Lipinski definition) is 4. The fourth-order valence-electron chi connectivity index (χ4n) is 2.68. The van der Waals surface area contributed by atoms with Gasteiger partial charge in [0, 0.05) is 22.7 Å². The second-order valence-electron chi connectivity index (χ2n) is 5.29. The third kappa shape index (κ3) is 2.64. The van der Waals surface area contributed by atoms with Crippen molar-refractivity contribution in [2.45, 2.75) is 6.54 Å². The first kappa shape index (κ1) is 14.5.